The molecule has 3 N–H and O–H groups in total. The van der Waals surface area contributed by atoms with Gasteiger partial charge in [-0.2, -0.15) is 5.10 Å². The van der Waals surface area contributed by atoms with Crippen molar-refractivity contribution in [2.75, 3.05) is 0 Å². The van der Waals surface area contributed by atoms with Gasteiger partial charge in [-0.1, -0.05) is 18.2 Å². The van der Waals surface area contributed by atoms with Crippen LogP contribution in [0.1, 0.15) is 16.4 Å². The summed E-state index contributed by atoms with van der Waals surface area (Å²) in [5, 5.41) is 8.83. The maximum Gasteiger partial charge on any atom is 0.288 e. The molecule has 4 rings (SSSR count). The minimum atomic E-state index is -0.407. The maximum absolute atomic E-state index is 13.7. The van der Waals surface area contributed by atoms with Crippen molar-refractivity contribution < 1.29 is 9.18 Å². The van der Waals surface area contributed by atoms with Crippen LogP contribution in [0, 0.1) is 5.82 Å². The van der Waals surface area contributed by atoms with Crippen molar-refractivity contribution in [3.05, 3.63) is 72.5 Å². The Morgan fingerprint density at radius 3 is 2.81 bits per heavy atom. The highest BCUT2D eigenvalue weighted by molar-refractivity contribution is 5.90. The van der Waals surface area contributed by atoms with Crippen LogP contribution in [0.4, 0.5) is 4.39 Å². The first kappa shape index (κ1) is 16.6. The quantitative estimate of drug-likeness (QED) is 0.504. The Bertz CT molecular complexity index is 1060. The summed E-state index contributed by atoms with van der Waals surface area (Å²) in [7, 11) is 0. The summed E-state index contributed by atoms with van der Waals surface area (Å²) < 4.78 is 13.7. The van der Waals surface area contributed by atoms with E-state index in [1.807, 2.05) is 12.1 Å². The molecule has 0 atom stereocenters. The molecular weight excluding hydrogens is 349 g/mol. The fourth-order valence-corrected chi connectivity index (χ4v) is 2.61. The lowest BCUT2D eigenvalue weighted by Crippen LogP contribution is -2.24. The average molecular weight is 363 g/mol. The van der Waals surface area contributed by atoms with Crippen molar-refractivity contribution in [1.29, 1.82) is 0 Å². The van der Waals surface area contributed by atoms with Crippen molar-refractivity contribution >= 4 is 5.91 Å². The number of aromatic nitrogens is 6. The summed E-state index contributed by atoms with van der Waals surface area (Å²) in [6.07, 6.45) is 2.92. The Morgan fingerprint density at radius 1 is 1.15 bits per heavy atom. The summed E-state index contributed by atoms with van der Waals surface area (Å²) in [4.78, 5) is 27.8. The number of imidazole rings is 1. The first-order chi connectivity index (χ1) is 13.2. The molecule has 0 saturated heterocycles. The molecule has 0 unspecified atom stereocenters. The second kappa shape index (κ2) is 7.16. The Balaban J connectivity index is 1.66. The minimum absolute atomic E-state index is 0.108. The number of pyridine rings is 1. The van der Waals surface area contributed by atoms with Crippen LogP contribution in [0.3, 0.4) is 0 Å². The zero-order chi connectivity index (χ0) is 18.6. The van der Waals surface area contributed by atoms with Gasteiger partial charge in [-0.05, 0) is 24.3 Å². The van der Waals surface area contributed by atoms with E-state index < -0.39 is 5.91 Å². The van der Waals surface area contributed by atoms with E-state index in [2.05, 4.69) is 35.5 Å². The molecule has 0 aliphatic carbocycles. The molecule has 8 nitrogen and oxygen atoms in total. The number of benzene rings is 1. The van der Waals surface area contributed by atoms with Crippen LogP contribution in [-0.4, -0.2) is 36.0 Å². The Labute approximate surface area is 152 Å². The van der Waals surface area contributed by atoms with Crippen LogP contribution in [0.25, 0.3) is 22.6 Å². The van der Waals surface area contributed by atoms with Crippen molar-refractivity contribution in [1.82, 2.24) is 35.5 Å². The van der Waals surface area contributed by atoms with Gasteiger partial charge in [0.1, 0.15) is 18.0 Å². The molecule has 0 aliphatic rings. The summed E-state index contributed by atoms with van der Waals surface area (Å²) >= 11 is 0. The van der Waals surface area contributed by atoms with Gasteiger partial charge in [0, 0.05) is 11.8 Å². The lowest BCUT2D eigenvalue weighted by molar-refractivity contribution is 0.0940. The molecular formula is C18H14FN7O. The molecule has 0 radical (unpaired) electrons. The maximum atomic E-state index is 13.7. The van der Waals surface area contributed by atoms with Crippen molar-refractivity contribution in [3.63, 3.8) is 0 Å². The molecule has 27 heavy (non-hydrogen) atoms. The van der Waals surface area contributed by atoms with E-state index in [9.17, 15) is 9.18 Å². The Morgan fingerprint density at radius 2 is 2.07 bits per heavy atom. The van der Waals surface area contributed by atoms with E-state index in [4.69, 9.17) is 0 Å². The van der Waals surface area contributed by atoms with E-state index >= 15 is 0 Å². The second-order valence-electron chi connectivity index (χ2n) is 5.65. The summed E-state index contributed by atoms with van der Waals surface area (Å²) in [5.74, 6) is -0.155. The van der Waals surface area contributed by atoms with Gasteiger partial charge in [0.05, 0.1) is 23.6 Å². The van der Waals surface area contributed by atoms with Crippen LogP contribution < -0.4 is 5.32 Å². The van der Waals surface area contributed by atoms with Gasteiger partial charge in [-0.3, -0.25) is 14.9 Å². The largest absolute Gasteiger partial charge is 0.342 e. The number of halogens is 1. The van der Waals surface area contributed by atoms with Gasteiger partial charge in [-0.15, -0.1) is 0 Å². The predicted molar refractivity (Wildman–Crippen MR) is 94.8 cm³/mol. The second-order valence-corrected chi connectivity index (χ2v) is 5.65. The number of aromatic amines is 2. The van der Waals surface area contributed by atoms with Gasteiger partial charge in [-0.25, -0.2) is 14.4 Å². The van der Waals surface area contributed by atoms with Crippen molar-refractivity contribution in [2.24, 2.45) is 0 Å². The Hall–Kier alpha value is -3.88. The molecule has 0 aliphatic heterocycles. The minimum Gasteiger partial charge on any atom is -0.342 e. The normalized spacial score (nSPS) is 10.7. The van der Waals surface area contributed by atoms with Gasteiger partial charge >= 0.3 is 0 Å². The molecule has 9 heteroatoms. The zero-order valence-corrected chi connectivity index (χ0v) is 14.0. The topological polar surface area (TPSA) is 112 Å². The van der Waals surface area contributed by atoms with Crippen molar-refractivity contribution in [2.45, 2.75) is 6.54 Å². The summed E-state index contributed by atoms with van der Waals surface area (Å²) in [6, 6.07) is 11.6. The molecule has 0 saturated carbocycles. The number of nitrogens with one attached hydrogen (secondary N) is 3. The third-order valence-corrected chi connectivity index (χ3v) is 3.82. The van der Waals surface area contributed by atoms with E-state index in [0.29, 0.717) is 28.5 Å². The van der Waals surface area contributed by atoms with Gasteiger partial charge < -0.3 is 10.3 Å². The van der Waals surface area contributed by atoms with E-state index in [1.165, 1.54) is 18.5 Å². The van der Waals surface area contributed by atoms with E-state index in [-0.39, 0.29) is 18.2 Å². The average Bonchev–Trinajstić information content (AvgIpc) is 3.37. The third-order valence-electron chi connectivity index (χ3n) is 3.82. The summed E-state index contributed by atoms with van der Waals surface area (Å²) in [5.41, 5.74) is 2.47. The lowest BCUT2D eigenvalue weighted by Gasteiger charge is -2.02. The number of hydrogen-bond donors (Lipinski definition) is 3. The van der Waals surface area contributed by atoms with Crippen LogP contribution in [0.2, 0.25) is 0 Å². The number of rotatable bonds is 5. The molecule has 134 valence electrons. The Kier molecular flexibility index (Phi) is 4.40. The molecule has 0 fully saturated rings. The molecule has 3 heterocycles. The third kappa shape index (κ3) is 3.56. The molecule has 0 spiro atoms. The fraction of sp³-hybridized carbons (Fsp3) is 0.0556. The van der Waals surface area contributed by atoms with Gasteiger partial charge in [0.15, 0.2) is 0 Å². The SMILES string of the molecule is O=C(NCc1nc(-c2cccc(F)c2)c(-c2ccccn2)[nH]1)c1ncn[nH]1. The zero-order valence-electron chi connectivity index (χ0n) is 14.0. The molecule has 1 aromatic carbocycles. The number of hydrogen-bond acceptors (Lipinski definition) is 5. The highest BCUT2D eigenvalue weighted by atomic mass is 19.1. The highest BCUT2D eigenvalue weighted by Gasteiger charge is 2.16. The van der Waals surface area contributed by atoms with Crippen LogP contribution in [0.15, 0.2) is 55.0 Å². The standard InChI is InChI=1S/C18H14FN7O/c19-12-5-3-4-11(8-12)15-16(13-6-1-2-7-20-13)25-14(24-15)9-21-18(27)17-22-10-23-26-17/h1-8,10H,9H2,(H,21,27)(H,24,25)(H,22,23,26). The molecule has 4 aromatic rings. The van der Waals surface area contributed by atoms with E-state index in [1.54, 1.807) is 24.4 Å². The first-order valence-corrected chi connectivity index (χ1v) is 8.10. The smallest absolute Gasteiger partial charge is 0.288 e. The number of amides is 1. The number of carbonyl (C=O) groups excluding carboxylic acids is 1. The van der Waals surface area contributed by atoms with Gasteiger partial charge in [0.25, 0.3) is 5.91 Å². The molecule has 1 amide bonds. The first-order valence-electron chi connectivity index (χ1n) is 8.10. The van der Waals surface area contributed by atoms with Crippen LogP contribution in [-0.2, 0) is 6.54 Å². The number of H-pyrrole nitrogens is 2. The highest BCUT2D eigenvalue weighted by Crippen LogP contribution is 2.29. The van der Waals surface area contributed by atoms with E-state index in [0.717, 1.165) is 0 Å². The fourth-order valence-electron chi connectivity index (χ4n) is 2.61. The monoisotopic (exact) mass is 363 g/mol. The predicted octanol–water partition coefficient (Wildman–Crippen LogP) is 2.33. The summed E-state index contributed by atoms with van der Waals surface area (Å²) in [6.45, 7) is 0.134. The number of nitrogens with zero attached hydrogens (tertiary/aromatic N) is 4. The van der Waals surface area contributed by atoms with Gasteiger partial charge in [0.2, 0.25) is 5.82 Å². The number of carbonyl (C=O) groups is 1. The lowest BCUT2D eigenvalue weighted by atomic mass is 10.1. The molecule has 0 bridgehead atoms. The van der Waals surface area contributed by atoms with Crippen molar-refractivity contribution in [3.8, 4) is 22.6 Å². The van der Waals surface area contributed by atoms with Crippen LogP contribution >= 0.6 is 0 Å². The molecule has 3 aromatic heterocycles. The van der Waals surface area contributed by atoms with Crippen LogP contribution in [0.5, 0.6) is 0 Å².